The van der Waals surface area contributed by atoms with Crippen LogP contribution < -0.4 is 57.8 Å². The number of aliphatic hydroxyl groups is 5. The molecule has 0 aromatic heterocycles. The van der Waals surface area contributed by atoms with Crippen LogP contribution in [0.15, 0.2) is 54.6 Å². The third-order valence-electron chi connectivity index (χ3n) is 17.1. The van der Waals surface area contributed by atoms with Crippen molar-refractivity contribution in [3.05, 3.63) is 65.7 Å². The lowest BCUT2D eigenvalue weighted by atomic mass is 9.96. The molecule has 3 saturated heterocycles. The molecule has 0 saturated carbocycles. The van der Waals surface area contributed by atoms with Gasteiger partial charge in [-0.1, -0.05) is 56.3 Å². The molecule has 3 aliphatic heterocycles. The molecule has 0 radical (unpaired) electrons. The number of rotatable bonds is 40. The molecule has 41 nitrogen and oxygen atoms in total. The van der Waals surface area contributed by atoms with E-state index in [-0.39, 0.29) is 50.0 Å². The van der Waals surface area contributed by atoms with Crippen LogP contribution in [0.3, 0.4) is 0 Å². The summed E-state index contributed by atoms with van der Waals surface area (Å²) in [4.78, 5) is 189. The van der Waals surface area contributed by atoms with Crippen LogP contribution in [0, 0.1) is 5.92 Å². The van der Waals surface area contributed by atoms with Crippen molar-refractivity contribution in [2.45, 2.75) is 221 Å². The van der Waals surface area contributed by atoms with Gasteiger partial charge in [-0.15, -0.1) is 0 Å². The first-order valence-electron chi connectivity index (χ1n) is 33.8. The van der Waals surface area contributed by atoms with Crippen molar-refractivity contribution < 1.29 is 144 Å². The molecular weight excluding hydrogens is 1450 g/mol. The second-order valence-electron chi connectivity index (χ2n) is 26.1. The van der Waals surface area contributed by atoms with Crippen LogP contribution in [0.4, 0.5) is 0 Å². The zero-order valence-electron chi connectivity index (χ0n) is 59.0. The molecule has 0 bridgehead atoms. The van der Waals surface area contributed by atoms with E-state index in [2.05, 4.69) is 52.0 Å². The van der Waals surface area contributed by atoms with Crippen molar-refractivity contribution in [1.82, 2.24) is 52.8 Å². The number of aliphatic carboxylic acids is 3. The predicted octanol–water partition coefficient (Wildman–Crippen LogP) is -6.89. The third-order valence-corrected chi connectivity index (χ3v) is 17.5. The molecule has 594 valence electrons. The summed E-state index contributed by atoms with van der Waals surface area (Å²) in [5.41, 5.74) is 6.25. The van der Waals surface area contributed by atoms with Gasteiger partial charge in [-0.3, -0.25) is 71.7 Å². The van der Waals surface area contributed by atoms with Gasteiger partial charge in [0, 0.05) is 53.0 Å². The maximum atomic E-state index is 15.0. The summed E-state index contributed by atoms with van der Waals surface area (Å²) in [5, 5.41) is 105. The average molecular weight is 1540 g/mol. The zero-order valence-corrected chi connectivity index (χ0v) is 59.8. The quantitative estimate of drug-likeness (QED) is 0.0276. The first-order valence-corrected chi connectivity index (χ1v) is 35.1. The minimum Gasteiger partial charge on any atom is -0.481 e. The highest BCUT2D eigenvalue weighted by atomic mass is 32.3. The number of likely N-dealkylation sites (tertiary alicyclic amines) is 1. The number of hydrogen-bond acceptors (Lipinski definition) is 26. The monoisotopic (exact) mass is 1540 g/mol. The fourth-order valence-electron chi connectivity index (χ4n) is 11.9. The first kappa shape index (κ1) is 88.0. The van der Waals surface area contributed by atoms with Gasteiger partial charge in [-0.25, -0.2) is 0 Å². The number of nitrogens with two attached hydrogens (primary N) is 1. The van der Waals surface area contributed by atoms with E-state index in [9.17, 15) is 116 Å². The van der Waals surface area contributed by atoms with Crippen molar-refractivity contribution in [1.29, 1.82) is 0 Å². The second-order valence-corrected chi connectivity index (χ2v) is 27.2. The zero-order chi connectivity index (χ0) is 79.9. The van der Waals surface area contributed by atoms with Crippen molar-refractivity contribution in [3.63, 3.8) is 0 Å². The normalized spacial score (nSPS) is 23.6. The van der Waals surface area contributed by atoms with Crippen LogP contribution in [-0.4, -0.2) is 277 Å². The van der Waals surface area contributed by atoms with E-state index in [0.29, 0.717) is 5.56 Å². The summed E-state index contributed by atoms with van der Waals surface area (Å²) < 4.78 is 59.4. The van der Waals surface area contributed by atoms with Crippen LogP contribution in [-0.2, 0) is 109 Å². The minimum absolute atomic E-state index is 0.111. The van der Waals surface area contributed by atoms with Gasteiger partial charge in [0.05, 0.1) is 25.7 Å². The SMILES string of the molecule is CC(=O)N[C@H]1[C@@H](O[C@H](C)[C@H](NC(=O)[C@H](CCC(=O)O)NC(=O)[C@@H]2CCCN2C(=O)[C@H](CC(C)C)NC(=O)[C@H](Cc2ccccc2)NC(=O)[C@H](CC(=O)O)NC(=O)[C@H](Cc2ccc(OS(=O)(=O)O)cc2)NC(C)=O)C(=O)N[C@@H](CCC(=O)O)C(N)=O)O[C@H](CO[C@@H]2O[C@H](CO)[C@@H](O)[C@H](O)[C@H]2NC(C)=O)[C@H](O)[C@@H]1O. The van der Waals surface area contributed by atoms with Crippen molar-refractivity contribution in [2.75, 3.05) is 19.8 Å². The summed E-state index contributed by atoms with van der Waals surface area (Å²) in [7, 11) is -4.91. The van der Waals surface area contributed by atoms with E-state index in [1.54, 1.807) is 44.2 Å². The lowest BCUT2D eigenvalue weighted by Gasteiger charge is -2.45. The highest BCUT2D eigenvalue weighted by Gasteiger charge is 2.51. The van der Waals surface area contributed by atoms with E-state index in [1.165, 1.54) is 12.1 Å². The van der Waals surface area contributed by atoms with Gasteiger partial charge in [0.1, 0.15) is 103 Å². The number of nitrogens with zero attached hydrogens (tertiary/aromatic N) is 1. The Morgan fingerprint density at radius 3 is 1.60 bits per heavy atom. The molecule has 2 aromatic rings. The number of carboxylic acids is 3. The highest BCUT2D eigenvalue weighted by Crippen LogP contribution is 2.29. The number of benzene rings is 2. The van der Waals surface area contributed by atoms with Crippen molar-refractivity contribution in [2.24, 2.45) is 11.7 Å². The molecule has 3 aliphatic rings. The van der Waals surface area contributed by atoms with E-state index < -0.39 is 260 Å². The summed E-state index contributed by atoms with van der Waals surface area (Å²) in [5.74, 6) is -16.9. The second kappa shape index (κ2) is 40.9. The van der Waals surface area contributed by atoms with E-state index in [0.717, 1.165) is 44.7 Å². The molecule has 0 spiro atoms. The van der Waals surface area contributed by atoms with Crippen LogP contribution in [0.5, 0.6) is 5.75 Å². The number of carbonyl (C=O) groups excluding carboxylic acids is 11. The van der Waals surface area contributed by atoms with Gasteiger partial charge in [0.15, 0.2) is 12.6 Å². The van der Waals surface area contributed by atoms with Crippen LogP contribution in [0.2, 0.25) is 0 Å². The Morgan fingerprint density at radius 2 is 1.07 bits per heavy atom. The van der Waals surface area contributed by atoms with Gasteiger partial charge < -0.3 is 122 Å². The molecule has 107 heavy (non-hydrogen) atoms. The fourth-order valence-corrected chi connectivity index (χ4v) is 12.2. The topological polar surface area (TPSA) is 639 Å². The lowest BCUT2D eigenvalue weighted by Crippen LogP contribution is -2.67. The molecule has 3 fully saturated rings. The smallest absolute Gasteiger partial charge is 0.446 e. The predicted molar refractivity (Wildman–Crippen MR) is 361 cm³/mol. The van der Waals surface area contributed by atoms with Gasteiger partial charge in [0.2, 0.25) is 65.0 Å². The Bertz CT molecular complexity index is 3600. The molecule has 5 rings (SSSR count). The Balaban J connectivity index is 1.43. The number of carbonyl (C=O) groups is 14. The number of carboxylic acid groups (broad SMARTS) is 3. The maximum absolute atomic E-state index is 15.0. The van der Waals surface area contributed by atoms with Gasteiger partial charge in [-0.05, 0) is 68.2 Å². The first-order chi connectivity index (χ1) is 50.2. The number of nitrogens with one attached hydrogen (secondary N) is 9. The van der Waals surface area contributed by atoms with Gasteiger partial charge in [0.25, 0.3) is 0 Å². The number of hydrogen-bond donors (Lipinski definition) is 19. The molecule has 3 heterocycles. The summed E-state index contributed by atoms with van der Waals surface area (Å²) in [6.07, 6.45) is -21.1. The van der Waals surface area contributed by atoms with Crippen LogP contribution >= 0.6 is 0 Å². The van der Waals surface area contributed by atoms with Crippen LogP contribution in [0.25, 0.3) is 0 Å². The third kappa shape index (κ3) is 27.6. The molecule has 0 aliphatic carbocycles. The molecule has 2 aromatic carbocycles. The fraction of sp³-hybridized carbons (Fsp3) is 0.600. The Kier molecular flexibility index (Phi) is 33.6. The summed E-state index contributed by atoms with van der Waals surface area (Å²) in [6.45, 7) is 5.71. The number of primary amides is 1. The average Bonchev–Trinajstić information content (AvgIpc) is 0.851. The van der Waals surface area contributed by atoms with E-state index >= 15 is 0 Å². The van der Waals surface area contributed by atoms with Crippen molar-refractivity contribution >= 4 is 93.3 Å². The van der Waals surface area contributed by atoms with Crippen molar-refractivity contribution in [3.8, 4) is 5.75 Å². The van der Waals surface area contributed by atoms with E-state index in [4.69, 9.17) is 29.2 Å². The Labute approximate surface area is 612 Å². The molecule has 11 amide bonds. The van der Waals surface area contributed by atoms with E-state index in [1.807, 2.05) is 0 Å². The largest absolute Gasteiger partial charge is 0.481 e. The molecule has 20 N–H and O–H groups in total. The Morgan fingerprint density at radius 1 is 0.579 bits per heavy atom. The number of aliphatic hydroxyl groups excluding tert-OH is 5. The summed E-state index contributed by atoms with van der Waals surface area (Å²) in [6, 6.07) is -4.45. The lowest BCUT2D eigenvalue weighted by molar-refractivity contribution is -0.308. The highest BCUT2D eigenvalue weighted by molar-refractivity contribution is 7.81. The molecule has 42 heteroatoms. The summed E-state index contributed by atoms with van der Waals surface area (Å²) >= 11 is 0. The minimum atomic E-state index is -4.91. The molecule has 0 unspecified atom stereocenters. The van der Waals surface area contributed by atoms with Gasteiger partial charge >= 0.3 is 28.3 Å². The number of amides is 11. The van der Waals surface area contributed by atoms with Gasteiger partial charge in [-0.2, -0.15) is 8.42 Å². The molecular formula is C65H93N11O30S. The Hall–Kier alpha value is -9.63. The standard InChI is InChI=1S/C65H93N11O30S/c1-29(2)23-42(74-59(94)40(24-34-11-8-7-9-12-34)72-60(95)41(26-48(85)86)73-58(93)39(67-31(4)78)25-35-14-16-36(17-15-35)106-107(99,100)101)63(98)76-22-10-13-43(76)61(96)71-38(19-21-47(83)84)57(92)75-49(62(97)70-37(56(66)91)18-20-46(81)82)30(3)103-65-51(69-33(6)80)55(90)53(88)45(105-65)28-102-64-50(68-32(5)79)54(89)52(87)44(27-77)104-64/h7-9,11-12,14-17,29-30,37-45,49-55,64-65,77,87-90H,10,13,18-28H2,1-6H3,(H2,66,91)(H,67,78)(H,68,79)(H,69,80)(H,70,97)(H,71,96)(H,72,95)(H,73,93)(H,74,94)(H,75,92)(H,81,82)(H,83,84)(H,85,86)(H,99,100,101)/t30-,37+,38+,39+,40+,41+,42+,43+,44-,45-,49+,50-,51-,52-,53+,54-,55-,64-,65+/m1/s1. The molecule has 19 atom stereocenters. The number of ether oxygens (including phenoxy) is 4. The van der Waals surface area contributed by atoms with Crippen LogP contribution in [0.1, 0.15) is 104 Å². The maximum Gasteiger partial charge on any atom is 0.446 e.